The van der Waals surface area contributed by atoms with E-state index in [2.05, 4.69) is 0 Å². The summed E-state index contributed by atoms with van der Waals surface area (Å²) in [5.74, 6) is -5.72. The van der Waals surface area contributed by atoms with Gasteiger partial charge in [0, 0.05) is 12.3 Å². The van der Waals surface area contributed by atoms with Crippen LogP contribution in [0.5, 0.6) is 0 Å². The first-order valence-corrected chi connectivity index (χ1v) is 8.95. The van der Waals surface area contributed by atoms with Crippen LogP contribution in [0.2, 0.25) is 0 Å². The van der Waals surface area contributed by atoms with Crippen molar-refractivity contribution in [1.29, 1.82) is 0 Å². The first-order chi connectivity index (χ1) is 11.4. The summed E-state index contributed by atoms with van der Waals surface area (Å²) in [4.78, 5) is 50.6. The molecular weight excluding hydrogens is 320 g/mol. The number of Topliss-reactive ketones (excluding diaryl/α,β-unsaturated/α-hetero) is 4. The molecule has 3 atom stereocenters. The maximum Gasteiger partial charge on any atom is 0.192 e. The SMILES string of the molecule is CC(C)=CC[C@@H]1C(=O)C(C(=O)C(C)C)C(=O)C1(O)C(=O)CCC(C)C. The van der Waals surface area contributed by atoms with E-state index in [-0.39, 0.29) is 18.8 Å². The van der Waals surface area contributed by atoms with Crippen molar-refractivity contribution in [2.45, 2.75) is 66.4 Å². The lowest BCUT2D eigenvalue weighted by molar-refractivity contribution is -0.154. The molecule has 1 rings (SSSR count). The fourth-order valence-electron chi connectivity index (χ4n) is 3.11. The van der Waals surface area contributed by atoms with E-state index in [1.54, 1.807) is 19.9 Å². The largest absolute Gasteiger partial charge is 0.374 e. The van der Waals surface area contributed by atoms with Crippen molar-refractivity contribution in [3.8, 4) is 0 Å². The van der Waals surface area contributed by atoms with Crippen LogP contribution < -0.4 is 0 Å². The monoisotopic (exact) mass is 350 g/mol. The van der Waals surface area contributed by atoms with E-state index in [1.807, 2.05) is 27.7 Å². The van der Waals surface area contributed by atoms with Gasteiger partial charge in [-0.15, -0.1) is 0 Å². The zero-order valence-electron chi connectivity index (χ0n) is 16.1. The Bertz CT molecular complexity index is 595. The molecule has 1 saturated carbocycles. The van der Waals surface area contributed by atoms with Gasteiger partial charge in [-0.2, -0.15) is 0 Å². The molecule has 1 N–H and O–H groups in total. The molecule has 0 aliphatic heterocycles. The molecule has 0 heterocycles. The second kappa shape index (κ2) is 8.17. The summed E-state index contributed by atoms with van der Waals surface area (Å²) in [7, 11) is 0. The van der Waals surface area contributed by atoms with Gasteiger partial charge in [0.05, 0.1) is 5.92 Å². The highest BCUT2D eigenvalue weighted by molar-refractivity contribution is 6.33. The summed E-state index contributed by atoms with van der Waals surface area (Å²) < 4.78 is 0. The fourth-order valence-corrected chi connectivity index (χ4v) is 3.11. The predicted molar refractivity (Wildman–Crippen MR) is 94.9 cm³/mol. The molecule has 5 heteroatoms. The van der Waals surface area contributed by atoms with Gasteiger partial charge in [-0.25, -0.2) is 0 Å². The lowest BCUT2D eigenvalue weighted by Gasteiger charge is -2.25. The van der Waals surface area contributed by atoms with Gasteiger partial charge in [-0.1, -0.05) is 39.3 Å². The quantitative estimate of drug-likeness (QED) is 0.537. The number of allylic oxidation sites excluding steroid dienone is 2. The first kappa shape index (κ1) is 21.4. The summed E-state index contributed by atoms with van der Waals surface area (Å²) >= 11 is 0. The van der Waals surface area contributed by atoms with Crippen LogP contribution in [0.1, 0.15) is 60.8 Å². The van der Waals surface area contributed by atoms with Gasteiger partial charge >= 0.3 is 0 Å². The molecule has 0 aromatic carbocycles. The molecule has 140 valence electrons. The van der Waals surface area contributed by atoms with Gasteiger partial charge in [0.25, 0.3) is 0 Å². The van der Waals surface area contributed by atoms with Gasteiger partial charge in [0.15, 0.2) is 28.7 Å². The summed E-state index contributed by atoms with van der Waals surface area (Å²) in [5.41, 5.74) is -1.47. The van der Waals surface area contributed by atoms with E-state index < -0.39 is 46.5 Å². The van der Waals surface area contributed by atoms with Crippen molar-refractivity contribution in [2.24, 2.45) is 23.7 Å². The molecule has 1 aliphatic rings. The van der Waals surface area contributed by atoms with Gasteiger partial charge in [0.2, 0.25) is 0 Å². The Kier molecular flexibility index (Phi) is 7.00. The second-order valence-corrected chi connectivity index (χ2v) is 7.95. The van der Waals surface area contributed by atoms with Crippen LogP contribution in [0.15, 0.2) is 11.6 Å². The number of hydrogen-bond donors (Lipinski definition) is 1. The third kappa shape index (κ3) is 4.32. The molecule has 0 bridgehead atoms. The highest BCUT2D eigenvalue weighted by atomic mass is 16.3. The van der Waals surface area contributed by atoms with E-state index in [0.29, 0.717) is 6.42 Å². The van der Waals surface area contributed by atoms with Crippen LogP contribution in [0, 0.1) is 23.7 Å². The summed E-state index contributed by atoms with van der Waals surface area (Å²) in [6, 6.07) is 0. The zero-order chi connectivity index (χ0) is 19.5. The Balaban J connectivity index is 3.29. The third-order valence-corrected chi connectivity index (χ3v) is 4.76. The topological polar surface area (TPSA) is 88.5 Å². The van der Waals surface area contributed by atoms with E-state index in [4.69, 9.17) is 0 Å². The van der Waals surface area contributed by atoms with Crippen molar-refractivity contribution in [3.63, 3.8) is 0 Å². The third-order valence-electron chi connectivity index (χ3n) is 4.76. The summed E-state index contributed by atoms with van der Waals surface area (Å²) in [6.07, 6.45) is 2.33. The summed E-state index contributed by atoms with van der Waals surface area (Å²) in [5, 5.41) is 11.0. The second-order valence-electron chi connectivity index (χ2n) is 7.95. The average molecular weight is 350 g/mol. The number of carbonyl (C=O) groups excluding carboxylic acids is 4. The van der Waals surface area contributed by atoms with Crippen LogP contribution in [0.25, 0.3) is 0 Å². The van der Waals surface area contributed by atoms with Crippen LogP contribution in [0.3, 0.4) is 0 Å². The molecule has 0 aromatic heterocycles. The van der Waals surface area contributed by atoms with E-state index in [9.17, 15) is 24.3 Å². The van der Waals surface area contributed by atoms with Gasteiger partial charge in [-0.3, -0.25) is 19.2 Å². The van der Waals surface area contributed by atoms with Crippen molar-refractivity contribution >= 4 is 23.1 Å². The molecule has 0 aromatic rings. The van der Waals surface area contributed by atoms with Gasteiger partial charge in [0.1, 0.15) is 5.92 Å². The Morgan fingerprint density at radius 3 is 2.16 bits per heavy atom. The Hall–Kier alpha value is -1.62. The van der Waals surface area contributed by atoms with Crippen LogP contribution in [-0.2, 0) is 19.2 Å². The molecule has 0 radical (unpaired) electrons. The van der Waals surface area contributed by atoms with E-state index in [0.717, 1.165) is 5.57 Å². The smallest absolute Gasteiger partial charge is 0.192 e. The van der Waals surface area contributed by atoms with Gasteiger partial charge in [-0.05, 0) is 32.6 Å². The van der Waals surface area contributed by atoms with E-state index >= 15 is 0 Å². The normalized spacial score (nSPS) is 26.4. The maximum atomic E-state index is 12.8. The lowest BCUT2D eigenvalue weighted by atomic mass is 9.81. The molecule has 0 saturated heterocycles. The summed E-state index contributed by atoms with van der Waals surface area (Å²) in [6.45, 7) is 10.7. The van der Waals surface area contributed by atoms with E-state index in [1.165, 1.54) is 0 Å². The molecular formula is C20H30O5. The maximum absolute atomic E-state index is 12.8. The zero-order valence-corrected chi connectivity index (χ0v) is 16.1. The number of ketones is 4. The standard InChI is InChI=1S/C20H30O5/c1-11(2)7-9-14-18(23)16(17(22)13(5)6)19(24)20(14,25)15(21)10-8-12(3)4/h7,12-14,16,25H,8-10H2,1-6H3/t14-,16?,20?/m1/s1. The fraction of sp³-hybridized carbons (Fsp3) is 0.700. The molecule has 5 nitrogen and oxygen atoms in total. The highest BCUT2D eigenvalue weighted by Crippen LogP contribution is 2.39. The van der Waals surface area contributed by atoms with Crippen molar-refractivity contribution < 1.29 is 24.3 Å². The lowest BCUT2D eigenvalue weighted by Crippen LogP contribution is -2.50. The van der Waals surface area contributed by atoms with Crippen LogP contribution in [0.4, 0.5) is 0 Å². The average Bonchev–Trinajstić information content (AvgIpc) is 2.69. The predicted octanol–water partition coefficient (Wildman–Crippen LogP) is 2.69. The minimum atomic E-state index is -2.38. The first-order valence-electron chi connectivity index (χ1n) is 8.95. The number of aliphatic hydroxyl groups is 1. The molecule has 0 amide bonds. The van der Waals surface area contributed by atoms with Crippen LogP contribution in [-0.4, -0.2) is 33.8 Å². The molecule has 25 heavy (non-hydrogen) atoms. The minimum absolute atomic E-state index is 0.0150. The Labute approximate surface area is 149 Å². The van der Waals surface area contributed by atoms with Crippen molar-refractivity contribution in [3.05, 3.63) is 11.6 Å². The van der Waals surface area contributed by atoms with Crippen molar-refractivity contribution in [1.82, 2.24) is 0 Å². The molecule has 0 spiro atoms. The number of rotatable bonds is 8. The number of hydrogen-bond acceptors (Lipinski definition) is 5. The highest BCUT2D eigenvalue weighted by Gasteiger charge is 2.64. The minimum Gasteiger partial charge on any atom is -0.374 e. The Morgan fingerprint density at radius 1 is 1.16 bits per heavy atom. The molecule has 1 fully saturated rings. The number of carbonyl (C=O) groups is 4. The molecule has 1 aliphatic carbocycles. The van der Waals surface area contributed by atoms with Crippen molar-refractivity contribution in [2.75, 3.05) is 0 Å². The molecule has 2 unspecified atom stereocenters. The van der Waals surface area contributed by atoms with Gasteiger partial charge < -0.3 is 5.11 Å². The van der Waals surface area contributed by atoms with Crippen LogP contribution >= 0.6 is 0 Å². The Morgan fingerprint density at radius 2 is 1.72 bits per heavy atom.